The number of rotatable bonds is 4. The second-order valence-corrected chi connectivity index (χ2v) is 6.90. The molecule has 1 N–H and O–H groups in total. The second kappa shape index (κ2) is 6.96. The minimum atomic E-state index is -0.515. The summed E-state index contributed by atoms with van der Waals surface area (Å²) in [5.74, 6) is 0.510. The van der Waals surface area contributed by atoms with Crippen LogP contribution >= 0.6 is 11.6 Å². The molecule has 26 heavy (non-hydrogen) atoms. The van der Waals surface area contributed by atoms with Gasteiger partial charge in [-0.3, -0.25) is 9.59 Å². The molecule has 0 saturated carbocycles. The number of halogens is 1. The number of hydrogen-bond donors (Lipinski definition) is 1. The first-order valence-corrected chi connectivity index (χ1v) is 8.73. The lowest BCUT2D eigenvalue weighted by molar-refractivity contribution is -0.114. The fraction of sp³-hybridized carbons (Fsp3) is 0.238. The normalized spacial score (nSPS) is 15.3. The van der Waals surface area contributed by atoms with Gasteiger partial charge in [-0.1, -0.05) is 23.7 Å². The zero-order valence-electron chi connectivity index (χ0n) is 15.1. The predicted octanol–water partition coefficient (Wildman–Crippen LogP) is 5.01. The van der Waals surface area contributed by atoms with Crippen LogP contribution in [0.1, 0.15) is 39.4 Å². The molecule has 0 unspecified atom stereocenters. The van der Waals surface area contributed by atoms with Crippen LogP contribution in [0.2, 0.25) is 5.02 Å². The lowest BCUT2D eigenvalue weighted by Gasteiger charge is -2.28. The SMILES string of the molecule is CC(=O)C1=C(C)NC(C)=C(C(C)=O)C1c1ccc(-c2cccc(Cl)c2)o1. The van der Waals surface area contributed by atoms with E-state index in [9.17, 15) is 9.59 Å². The molecule has 1 aromatic carbocycles. The van der Waals surface area contributed by atoms with Gasteiger partial charge >= 0.3 is 0 Å². The van der Waals surface area contributed by atoms with Gasteiger partial charge in [0, 0.05) is 33.1 Å². The Hall–Kier alpha value is -2.59. The van der Waals surface area contributed by atoms with E-state index in [0.717, 1.165) is 17.0 Å². The van der Waals surface area contributed by atoms with Crippen molar-refractivity contribution in [3.05, 3.63) is 69.7 Å². The molecule has 3 rings (SSSR count). The maximum Gasteiger partial charge on any atom is 0.158 e. The van der Waals surface area contributed by atoms with Crippen LogP contribution in [0.15, 0.2) is 63.4 Å². The van der Waals surface area contributed by atoms with Gasteiger partial charge in [0.2, 0.25) is 0 Å². The fourth-order valence-electron chi connectivity index (χ4n) is 3.52. The van der Waals surface area contributed by atoms with Crippen LogP contribution in [-0.2, 0) is 9.59 Å². The van der Waals surface area contributed by atoms with Crippen LogP contribution < -0.4 is 5.32 Å². The molecule has 0 bridgehead atoms. The zero-order valence-corrected chi connectivity index (χ0v) is 15.9. The van der Waals surface area contributed by atoms with E-state index in [1.165, 1.54) is 13.8 Å². The Morgan fingerprint density at radius 3 is 2.15 bits per heavy atom. The largest absolute Gasteiger partial charge is 0.460 e. The Kier molecular flexibility index (Phi) is 4.88. The number of carbonyl (C=O) groups is 2. The van der Waals surface area contributed by atoms with Gasteiger partial charge in [0.25, 0.3) is 0 Å². The lowest BCUT2D eigenvalue weighted by atomic mass is 9.80. The Labute approximate surface area is 157 Å². The highest BCUT2D eigenvalue weighted by Gasteiger charge is 2.35. The summed E-state index contributed by atoms with van der Waals surface area (Å²) in [6.45, 7) is 6.69. The molecule has 4 nitrogen and oxygen atoms in total. The van der Waals surface area contributed by atoms with Crippen molar-refractivity contribution in [2.45, 2.75) is 33.6 Å². The molecular formula is C21H20ClNO3. The first-order chi connectivity index (χ1) is 12.3. The van der Waals surface area contributed by atoms with Crippen molar-refractivity contribution >= 4 is 23.2 Å². The molecule has 5 heteroatoms. The molecule has 1 aliphatic rings. The van der Waals surface area contributed by atoms with Crippen LogP contribution in [0, 0.1) is 0 Å². The smallest absolute Gasteiger partial charge is 0.158 e. The van der Waals surface area contributed by atoms with E-state index >= 15 is 0 Å². The maximum absolute atomic E-state index is 12.3. The molecular weight excluding hydrogens is 350 g/mol. The molecule has 0 fully saturated rings. The van der Waals surface area contributed by atoms with Crippen molar-refractivity contribution in [1.82, 2.24) is 5.32 Å². The summed E-state index contributed by atoms with van der Waals surface area (Å²) in [6.07, 6.45) is 0. The number of nitrogens with one attached hydrogen (secondary N) is 1. The molecule has 1 aromatic heterocycles. The van der Waals surface area contributed by atoms with E-state index in [4.69, 9.17) is 16.0 Å². The monoisotopic (exact) mass is 369 g/mol. The number of Topliss-reactive ketones (excluding diaryl/α,β-unsaturated/α-hetero) is 2. The van der Waals surface area contributed by atoms with Crippen molar-refractivity contribution in [3.8, 4) is 11.3 Å². The summed E-state index contributed by atoms with van der Waals surface area (Å²) in [7, 11) is 0. The summed E-state index contributed by atoms with van der Waals surface area (Å²) >= 11 is 6.06. The highest BCUT2D eigenvalue weighted by atomic mass is 35.5. The van der Waals surface area contributed by atoms with Gasteiger partial charge in [-0.05, 0) is 52.0 Å². The highest BCUT2D eigenvalue weighted by molar-refractivity contribution is 6.30. The van der Waals surface area contributed by atoms with Gasteiger partial charge in [0.15, 0.2) is 11.6 Å². The Bertz CT molecular complexity index is 929. The molecule has 0 saturated heterocycles. The van der Waals surface area contributed by atoms with Crippen molar-refractivity contribution in [1.29, 1.82) is 0 Å². The molecule has 0 aliphatic carbocycles. The van der Waals surface area contributed by atoms with Gasteiger partial charge in [0.1, 0.15) is 11.5 Å². The third-order valence-electron chi connectivity index (χ3n) is 4.54. The lowest BCUT2D eigenvalue weighted by Crippen LogP contribution is -2.29. The molecule has 0 spiro atoms. The van der Waals surface area contributed by atoms with Crippen molar-refractivity contribution < 1.29 is 14.0 Å². The zero-order chi connectivity index (χ0) is 19.0. The second-order valence-electron chi connectivity index (χ2n) is 6.46. The van der Waals surface area contributed by atoms with Crippen molar-refractivity contribution in [2.24, 2.45) is 0 Å². The number of benzene rings is 1. The molecule has 0 atom stereocenters. The first kappa shape index (κ1) is 18.2. The topological polar surface area (TPSA) is 59.3 Å². The van der Waals surface area contributed by atoms with Gasteiger partial charge in [-0.15, -0.1) is 0 Å². The van der Waals surface area contributed by atoms with Crippen LogP contribution in [0.4, 0.5) is 0 Å². The van der Waals surface area contributed by atoms with Gasteiger partial charge in [-0.2, -0.15) is 0 Å². The quantitative estimate of drug-likeness (QED) is 0.822. The summed E-state index contributed by atoms with van der Waals surface area (Å²) in [5.41, 5.74) is 3.42. The minimum Gasteiger partial charge on any atom is -0.460 e. The Balaban J connectivity index is 2.14. The van der Waals surface area contributed by atoms with Gasteiger partial charge in [0.05, 0.1) is 5.92 Å². The molecule has 1 aliphatic heterocycles. The molecule has 0 radical (unpaired) electrons. The van der Waals surface area contributed by atoms with Gasteiger partial charge < -0.3 is 9.73 Å². The Morgan fingerprint density at radius 2 is 1.62 bits per heavy atom. The third-order valence-corrected chi connectivity index (χ3v) is 4.77. The number of ketones is 2. The van der Waals surface area contributed by atoms with E-state index in [1.807, 2.05) is 44.2 Å². The summed E-state index contributed by atoms with van der Waals surface area (Å²) in [6, 6.07) is 11.0. The average molecular weight is 370 g/mol. The standard InChI is InChI=1S/C21H20ClNO3/c1-11-19(13(3)24)21(20(14(4)25)12(2)23-11)18-9-8-17(26-18)15-6-5-7-16(22)10-15/h5-10,21,23H,1-4H3. The van der Waals surface area contributed by atoms with E-state index < -0.39 is 5.92 Å². The summed E-state index contributed by atoms with van der Waals surface area (Å²) < 4.78 is 6.06. The van der Waals surface area contributed by atoms with Crippen LogP contribution in [0.5, 0.6) is 0 Å². The van der Waals surface area contributed by atoms with Gasteiger partial charge in [-0.25, -0.2) is 0 Å². The molecule has 0 amide bonds. The maximum atomic E-state index is 12.3. The average Bonchev–Trinajstić information content (AvgIpc) is 3.02. The molecule has 2 heterocycles. The third kappa shape index (κ3) is 3.25. The van der Waals surface area contributed by atoms with E-state index in [2.05, 4.69) is 5.32 Å². The number of dihydropyridines is 1. The summed E-state index contributed by atoms with van der Waals surface area (Å²) in [4.78, 5) is 24.6. The van der Waals surface area contributed by atoms with E-state index in [1.54, 1.807) is 6.07 Å². The molecule has 2 aromatic rings. The van der Waals surface area contributed by atoms with Crippen molar-refractivity contribution in [2.75, 3.05) is 0 Å². The Morgan fingerprint density at radius 1 is 1.00 bits per heavy atom. The van der Waals surface area contributed by atoms with Crippen LogP contribution in [-0.4, -0.2) is 11.6 Å². The fourth-order valence-corrected chi connectivity index (χ4v) is 3.71. The molecule has 134 valence electrons. The highest BCUT2D eigenvalue weighted by Crippen LogP contribution is 2.40. The number of carbonyl (C=O) groups excluding carboxylic acids is 2. The van der Waals surface area contributed by atoms with E-state index in [0.29, 0.717) is 27.7 Å². The number of furan rings is 1. The van der Waals surface area contributed by atoms with Crippen molar-refractivity contribution in [3.63, 3.8) is 0 Å². The van der Waals surface area contributed by atoms with Crippen LogP contribution in [0.25, 0.3) is 11.3 Å². The summed E-state index contributed by atoms with van der Waals surface area (Å²) in [5, 5.41) is 3.76. The number of hydrogen-bond acceptors (Lipinski definition) is 4. The van der Waals surface area contributed by atoms with E-state index in [-0.39, 0.29) is 11.6 Å². The number of allylic oxidation sites excluding steroid dienone is 4. The predicted molar refractivity (Wildman–Crippen MR) is 102 cm³/mol. The minimum absolute atomic E-state index is 0.0908. The van der Waals surface area contributed by atoms with Crippen LogP contribution in [0.3, 0.4) is 0 Å². The first-order valence-electron chi connectivity index (χ1n) is 8.35.